The number of benzene rings is 1. The molecule has 7 heteroatoms. The van der Waals surface area contributed by atoms with Gasteiger partial charge in [0.15, 0.2) is 5.75 Å². The predicted octanol–water partition coefficient (Wildman–Crippen LogP) is 4.45. The zero-order valence-corrected chi connectivity index (χ0v) is 13.0. The van der Waals surface area contributed by atoms with E-state index < -0.39 is 6.10 Å². The third kappa shape index (κ3) is 5.67. The molecule has 0 aliphatic carbocycles. The van der Waals surface area contributed by atoms with Crippen molar-refractivity contribution >= 4 is 46.4 Å². The number of aliphatic hydroxyl groups excluding tert-OH is 1. The summed E-state index contributed by atoms with van der Waals surface area (Å²) >= 11 is 23.0. The second-order valence-electron chi connectivity index (χ2n) is 3.63. The molecule has 0 aliphatic rings. The minimum atomic E-state index is -0.403. The van der Waals surface area contributed by atoms with Gasteiger partial charge in [-0.3, -0.25) is 0 Å². The van der Waals surface area contributed by atoms with Crippen LogP contribution in [-0.2, 0) is 0 Å². The second-order valence-corrected chi connectivity index (χ2v) is 5.45. The van der Waals surface area contributed by atoms with E-state index in [-0.39, 0.29) is 17.7 Å². The van der Waals surface area contributed by atoms with Crippen molar-refractivity contribution in [3.05, 3.63) is 32.7 Å². The van der Waals surface area contributed by atoms with E-state index in [1.54, 1.807) is 19.1 Å². The van der Waals surface area contributed by atoms with Gasteiger partial charge in [0.1, 0.15) is 23.0 Å². The third-order valence-corrected chi connectivity index (χ3v) is 2.91. The lowest BCUT2D eigenvalue weighted by Crippen LogP contribution is -2.16. The van der Waals surface area contributed by atoms with Gasteiger partial charge in [0.2, 0.25) is 0 Å². The molecule has 0 saturated carbocycles. The van der Waals surface area contributed by atoms with Crippen LogP contribution in [0.1, 0.15) is 6.92 Å². The van der Waals surface area contributed by atoms with Crippen LogP contribution in [0.3, 0.4) is 0 Å². The summed E-state index contributed by atoms with van der Waals surface area (Å²) in [5.41, 5.74) is 0. The topological polar surface area (TPSA) is 38.7 Å². The molecule has 1 rings (SSSR count). The summed E-state index contributed by atoms with van der Waals surface area (Å²) in [5, 5.41) is 9.52. The molecule has 0 heterocycles. The number of rotatable bonds is 6. The van der Waals surface area contributed by atoms with Crippen molar-refractivity contribution in [2.75, 3.05) is 13.2 Å². The highest BCUT2D eigenvalue weighted by Gasteiger charge is 2.13. The Hall–Kier alpha value is -0.320. The van der Waals surface area contributed by atoms with Gasteiger partial charge in [-0.1, -0.05) is 46.4 Å². The monoisotopic (exact) mass is 344 g/mol. The maximum Gasteiger partial charge on any atom is 0.157 e. The van der Waals surface area contributed by atoms with Gasteiger partial charge in [0, 0.05) is 12.1 Å². The van der Waals surface area contributed by atoms with E-state index in [2.05, 4.69) is 0 Å². The standard InChI is InChI=1S/C12H12Cl4O3/c1-7(6-17)19-12-9(13)4-8(5-10(12)14)18-3-2-11(15)16/h2,4-5,7,17H,3,6H2,1H3. The minimum Gasteiger partial charge on any atom is -0.489 e. The first-order chi connectivity index (χ1) is 8.93. The Morgan fingerprint density at radius 1 is 1.32 bits per heavy atom. The zero-order chi connectivity index (χ0) is 14.4. The van der Waals surface area contributed by atoms with Crippen LogP contribution < -0.4 is 9.47 Å². The maximum absolute atomic E-state index is 8.93. The van der Waals surface area contributed by atoms with Crippen molar-refractivity contribution in [1.82, 2.24) is 0 Å². The fourth-order valence-corrected chi connectivity index (χ4v) is 1.85. The van der Waals surface area contributed by atoms with E-state index >= 15 is 0 Å². The first-order valence-corrected chi connectivity index (χ1v) is 6.85. The van der Waals surface area contributed by atoms with E-state index in [1.807, 2.05) is 0 Å². The molecule has 3 nitrogen and oxygen atoms in total. The molecule has 1 aromatic rings. The summed E-state index contributed by atoms with van der Waals surface area (Å²) in [7, 11) is 0. The van der Waals surface area contributed by atoms with Gasteiger partial charge in [-0.25, -0.2) is 0 Å². The van der Waals surface area contributed by atoms with Crippen molar-refractivity contribution < 1.29 is 14.6 Å². The van der Waals surface area contributed by atoms with Crippen LogP contribution in [0.4, 0.5) is 0 Å². The average Bonchev–Trinajstić information content (AvgIpc) is 2.33. The van der Waals surface area contributed by atoms with Gasteiger partial charge < -0.3 is 14.6 Å². The molecule has 1 atom stereocenters. The van der Waals surface area contributed by atoms with Gasteiger partial charge >= 0.3 is 0 Å². The summed E-state index contributed by atoms with van der Waals surface area (Å²) in [5.74, 6) is 0.771. The van der Waals surface area contributed by atoms with Crippen molar-refractivity contribution in [2.24, 2.45) is 0 Å². The lowest BCUT2D eigenvalue weighted by Gasteiger charge is -2.15. The number of ether oxygens (including phenoxy) is 2. The molecule has 0 saturated heterocycles. The molecule has 0 radical (unpaired) electrons. The van der Waals surface area contributed by atoms with Crippen molar-refractivity contribution in [3.63, 3.8) is 0 Å². The summed E-state index contributed by atoms with van der Waals surface area (Å²) in [6.07, 6.45) is 1.09. The Morgan fingerprint density at radius 2 is 1.89 bits per heavy atom. The van der Waals surface area contributed by atoms with Gasteiger partial charge in [-0.15, -0.1) is 0 Å². The van der Waals surface area contributed by atoms with Crippen LogP contribution in [0, 0.1) is 0 Å². The summed E-state index contributed by atoms with van der Waals surface area (Å²) in [6.45, 7) is 1.76. The SMILES string of the molecule is CC(CO)Oc1c(Cl)cc(OCC=C(Cl)Cl)cc1Cl. The Morgan fingerprint density at radius 3 is 2.37 bits per heavy atom. The molecule has 106 valence electrons. The molecular formula is C12H12Cl4O3. The highest BCUT2D eigenvalue weighted by molar-refractivity contribution is 6.55. The van der Waals surface area contributed by atoms with Crippen LogP contribution in [0.25, 0.3) is 0 Å². The number of hydrogen-bond acceptors (Lipinski definition) is 3. The molecule has 1 aromatic carbocycles. The van der Waals surface area contributed by atoms with Crippen molar-refractivity contribution in [1.29, 1.82) is 0 Å². The first kappa shape index (κ1) is 16.7. The Balaban J connectivity index is 2.81. The predicted molar refractivity (Wildman–Crippen MR) is 78.9 cm³/mol. The Labute approximate surface area is 131 Å². The largest absolute Gasteiger partial charge is 0.489 e. The molecule has 1 N–H and O–H groups in total. The quantitative estimate of drug-likeness (QED) is 0.827. The van der Waals surface area contributed by atoms with E-state index in [0.29, 0.717) is 21.5 Å². The fourth-order valence-electron chi connectivity index (χ4n) is 1.17. The minimum absolute atomic E-state index is 0.119. The maximum atomic E-state index is 8.93. The average molecular weight is 346 g/mol. The van der Waals surface area contributed by atoms with Gasteiger partial charge in [0.05, 0.1) is 16.7 Å². The summed E-state index contributed by atoms with van der Waals surface area (Å²) < 4.78 is 10.9. The van der Waals surface area contributed by atoms with Crippen LogP contribution in [-0.4, -0.2) is 24.4 Å². The molecule has 0 aromatic heterocycles. The number of hydrogen-bond donors (Lipinski definition) is 1. The van der Waals surface area contributed by atoms with Gasteiger partial charge in [-0.2, -0.15) is 0 Å². The molecule has 1 unspecified atom stereocenters. The first-order valence-electron chi connectivity index (χ1n) is 5.34. The highest BCUT2D eigenvalue weighted by atomic mass is 35.5. The van der Waals surface area contributed by atoms with Crippen molar-refractivity contribution in [2.45, 2.75) is 13.0 Å². The highest BCUT2D eigenvalue weighted by Crippen LogP contribution is 2.37. The van der Waals surface area contributed by atoms with Crippen LogP contribution in [0.5, 0.6) is 11.5 Å². The molecule has 19 heavy (non-hydrogen) atoms. The summed E-state index contributed by atoms with van der Waals surface area (Å²) in [4.78, 5) is 0. The lowest BCUT2D eigenvalue weighted by atomic mass is 10.3. The van der Waals surface area contributed by atoms with E-state index in [0.717, 1.165) is 0 Å². The molecule has 0 aliphatic heterocycles. The molecular weight excluding hydrogens is 334 g/mol. The van der Waals surface area contributed by atoms with E-state index in [1.165, 1.54) is 6.08 Å². The molecule has 0 fully saturated rings. The van der Waals surface area contributed by atoms with E-state index in [4.69, 9.17) is 61.0 Å². The van der Waals surface area contributed by atoms with Crippen molar-refractivity contribution in [3.8, 4) is 11.5 Å². The number of halogens is 4. The molecule has 0 bridgehead atoms. The van der Waals surface area contributed by atoms with Crippen LogP contribution in [0.2, 0.25) is 10.0 Å². The zero-order valence-electron chi connectivity index (χ0n) is 10.00. The smallest absolute Gasteiger partial charge is 0.157 e. The normalized spacial score (nSPS) is 11.9. The van der Waals surface area contributed by atoms with Crippen LogP contribution in [0.15, 0.2) is 22.7 Å². The Bertz CT molecular complexity index is 435. The molecule has 0 amide bonds. The fraction of sp³-hybridized carbons (Fsp3) is 0.333. The molecule has 0 spiro atoms. The van der Waals surface area contributed by atoms with Gasteiger partial charge in [0.25, 0.3) is 0 Å². The van der Waals surface area contributed by atoms with Gasteiger partial charge in [-0.05, 0) is 13.0 Å². The Kier molecular flexibility index (Phi) is 7.11. The third-order valence-electron chi connectivity index (χ3n) is 2.04. The second kappa shape index (κ2) is 8.08. The van der Waals surface area contributed by atoms with Crippen LogP contribution >= 0.6 is 46.4 Å². The van der Waals surface area contributed by atoms with E-state index in [9.17, 15) is 0 Å². The lowest BCUT2D eigenvalue weighted by molar-refractivity contribution is 0.130. The number of aliphatic hydroxyl groups is 1. The summed E-state index contributed by atoms with van der Waals surface area (Å²) in [6, 6.07) is 3.12.